The summed E-state index contributed by atoms with van der Waals surface area (Å²) in [6, 6.07) is 11.3. The second-order valence-electron chi connectivity index (χ2n) is 8.22. The molecule has 2 aliphatic heterocycles. The molecule has 4 heterocycles. The molecule has 0 spiro atoms. The number of hydrogen-bond acceptors (Lipinski definition) is 4. The lowest BCUT2D eigenvalue weighted by Gasteiger charge is -2.33. The molecule has 30 heavy (non-hydrogen) atoms. The van der Waals surface area contributed by atoms with Gasteiger partial charge in [0.15, 0.2) is 0 Å². The summed E-state index contributed by atoms with van der Waals surface area (Å²) in [6.07, 6.45) is 5.91. The van der Waals surface area contributed by atoms with E-state index in [1.165, 1.54) is 0 Å². The number of hydrogen-bond donors (Lipinski definition) is 1. The van der Waals surface area contributed by atoms with Gasteiger partial charge in [0.05, 0.1) is 17.2 Å². The third-order valence-corrected chi connectivity index (χ3v) is 6.34. The number of amides is 2. The van der Waals surface area contributed by atoms with Gasteiger partial charge < -0.3 is 14.8 Å². The van der Waals surface area contributed by atoms with Crippen LogP contribution in [0.5, 0.6) is 0 Å². The molecule has 2 amide bonds. The number of benzene rings is 1. The van der Waals surface area contributed by atoms with Crippen LogP contribution in [0.3, 0.4) is 0 Å². The van der Waals surface area contributed by atoms with Gasteiger partial charge in [0.1, 0.15) is 5.82 Å². The van der Waals surface area contributed by atoms with Crippen molar-refractivity contribution in [2.45, 2.75) is 25.2 Å². The minimum absolute atomic E-state index is 0.00319. The first-order valence-electron chi connectivity index (χ1n) is 10.6. The van der Waals surface area contributed by atoms with E-state index in [0.717, 1.165) is 42.7 Å². The Hall–Kier alpha value is -3.22. The molecule has 7 nitrogen and oxygen atoms in total. The van der Waals surface area contributed by atoms with Crippen molar-refractivity contribution in [2.75, 3.05) is 26.2 Å². The number of likely N-dealkylation sites (tertiary alicyclic amines) is 2. The maximum Gasteiger partial charge on any atom is 0.253 e. The average molecular weight is 403 g/mol. The number of nitrogens with zero attached hydrogens (tertiary/aromatic N) is 4. The number of H-pyrrole nitrogens is 1. The van der Waals surface area contributed by atoms with Gasteiger partial charge in [-0.1, -0.05) is 18.2 Å². The van der Waals surface area contributed by atoms with Crippen molar-refractivity contribution in [3.05, 3.63) is 60.2 Å². The van der Waals surface area contributed by atoms with E-state index in [4.69, 9.17) is 0 Å². The molecular weight excluding hydrogens is 378 g/mol. The minimum Gasteiger partial charge on any atom is -0.342 e. The molecule has 2 aliphatic rings. The maximum atomic E-state index is 13.1. The van der Waals surface area contributed by atoms with Crippen molar-refractivity contribution in [2.24, 2.45) is 5.92 Å². The largest absolute Gasteiger partial charge is 0.342 e. The molecule has 7 heteroatoms. The molecule has 0 radical (unpaired) electrons. The summed E-state index contributed by atoms with van der Waals surface area (Å²) < 4.78 is 0. The van der Waals surface area contributed by atoms with E-state index in [1.54, 1.807) is 12.4 Å². The van der Waals surface area contributed by atoms with Crippen molar-refractivity contribution in [3.8, 4) is 0 Å². The normalized spacial score (nSPS) is 20.1. The maximum absolute atomic E-state index is 13.1. The first kappa shape index (κ1) is 18.8. The number of carbonyl (C=O) groups is 2. The lowest BCUT2D eigenvalue weighted by Crippen LogP contribution is -2.43. The fourth-order valence-electron chi connectivity index (χ4n) is 4.60. The summed E-state index contributed by atoms with van der Waals surface area (Å²) in [6.45, 7) is 2.74. The summed E-state index contributed by atoms with van der Waals surface area (Å²) in [7, 11) is 0. The molecule has 0 aliphatic carbocycles. The Kier molecular flexibility index (Phi) is 4.94. The van der Waals surface area contributed by atoms with Crippen LogP contribution in [0.15, 0.2) is 48.8 Å². The SMILES string of the molecule is O=C(c1ccccc1)N1CCC(C(=O)N2CCC(c3nc4ccncc4[nH]3)C2)CC1. The fourth-order valence-corrected chi connectivity index (χ4v) is 4.60. The molecule has 1 unspecified atom stereocenters. The van der Waals surface area contributed by atoms with Gasteiger partial charge in [0.25, 0.3) is 5.91 Å². The van der Waals surface area contributed by atoms with E-state index in [1.807, 2.05) is 46.2 Å². The Morgan fingerprint density at radius 1 is 0.967 bits per heavy atom. The van der Waals surface area contributed by atoms with Gasteiger partial charge in [0, 0.05) is 49.8 Å². The predicted octanol–water partition coefficient (Wildman–Crippen LogP) is 2.83. The Morgan fingerprint density at radius 3 is 2.50 bits per heavy atom. The van der Waals surface area contributed by atoms with Gasteiger partial charge in [-0.25, -0.2) is 4.98 Å². The third kappa shape index (κ3) is 3.56. The molecule has 0 bridgehead atoms. The van der Waals surface area contributed by atoms with Crippen LogP contribution in [-0.4, -0.2) is 62.7 Å². The molecule has 154 valence electrons. The van der Waals surface area contributed by atoms with Crippen molar-refractivity contribution < 1.29 is 9.59 Å². The lowest BCUT2D eigenvalue weighted by molar-refractivity contribution is -0.135. The number of piperidine rings is 1. The highest BCUT2D eigenvalue weighted by Crippen LogP contribution is 2.30. The molecule has 3 aromatic rings. The molecule has 1 N–H and O–H groups in total. The highest BCUT2D eigenvalue weighted by atomic mass is 16.2. The van der Waals surface area contributed by atoms with E-state index in [-0.39, 0.29) is 23.7 Å². The Labute approximate surface area is 175 Å². The zero-order valence-electron chi connectivity index (χ0n) is 16.8. The molecule has 0 saturated carbocycles. The lowest BCUT2D eigenvalue weighted by atomic mass is 9.95. The molecule has 2 fully saturated rings. The van der Waals surface area contributed by atoms with E-state index < -0.39 is 0 Å². The van der Waals surface area contributed by atoms with E-state index in [2.05, 4.69) is 15.0 Å². The second-order valence-corrected chi connectivity index (χ2v) is 8.22. The third-order valence-electron chi connectivity index (χ3n) is 6.34. The smallest absolute Gasteiger partial charge is 0.253 e. The van der Waals surface area contributed by atoms with E-state index in [0.29, 0.717) is 25.2 Å². The Balaban J connectivity index is 1.18. The van der Waals surface area contributed by atoms with Crippen LogP contribution >= 0.6 is 0 Å². The van der Waals surface area contributed by atoms with Crippen LogP contribution in [0.4, 0.5) is 0 Å². The van der Waals surface area contributed by atoms with Crippen LogP contribution in [0, 0.1) is 5.92 Å². The predicted molar refractivity (Wildman–Crippen MR) is 113 cm³/mol. The minimum atomic E-state index is 0.00319. The van der Waals surface area contributed by atoms with Crippen molar-refractivity contribution in [1.29, 1.82) is 0 Å². The van der Waals surface area contributed by atoms with Crippen LogP contribution < -0.4 is 0 Å². The summed E-state index contributed by atoms with van der Waals surface area (Å²) in [4.78, 5) is 41.7. The van der Waals surface area contributed by atoms with Gasteiger partial charge >= 0.3 is 0 Å². The molecule has 1 atom stereocenters. The number of imidazole rings is 1. The fraction of sp³-hybridized carbons (Fsp3) is 0.391. The topological polar surface area (TPSA) is 82.2 Å². The van der Waals surface area contributed by atoms with Gasteiger partial charge in [-0.3, -0.25) is 14.6 Å². The summed E-state index contributed by atoms with van der Waals surface area (Å²) in [5.41, 5.74) is 2.57. The number of pyridine rings is 1. The highest BCUT2D eigenvalue weighted by Gasteiger charge is 2.35. The number of nitrogens with one attached hydrogen (secondary N) is 1. The first-order chi connectivity index (χ1) is 14.7. The van der Waals surface area contributed by atoms with Crippen molar-refractivity contribution in [3.63, 3.8) is 0 Å². The zero-order chi connectivity index (χ0) is 20.5. The number of fused-ring (bicyclic) bond motifs is 1. The number of rotatable bonds is 3. The van der Waals surface area contributed by atoms with Crippen molar-refractivity contribution >= 4 is 22.8 Å². The van der Waals surface area contributed by atoms with Crippen LogP contribution in [0.2, 0.25) is 0 Å². The molecular formula is C23H25N5O2. The number of aromatic nitrogens is 3. The summed E-state index contributed by atoms with van der Waals surface area (Å²) >= 11 is 0. The quantitative estimate of drug-likeness (QED) is 0.729. The monoisotopic (exact) mass is 403 g/mol. The molecule has 1 aromatic carbocycles. The molecule has 5 rings (SSSR count). The van der Waals surface area contributed by atoms with Crippen LogP contribution in [0.1, 0.15) is 41.4 Å². The van der Waals surface area contributed by atoms with Gasteiger partial charge in [-0.2, -0.15) is 0 Å². The number of aromatic amines is 1. The van der Waals surface area contributed by atoms with Crippen LogP contribution in [0.25, 0.3) is 11.0 Å². The van der Waals surface area contributed by atoms with Gasteiger partial charge in [0.2, 0.25) is 5.91 Å². The highest BCUT2D eigenvalue weighted by molar-refractivity contribution is 5.94. The van der Waals surface area contributed by atoms with Gasteiger partial charge in [-0.05, 0) is 37.5 Å². The molecule has 2 saturated heterocycles. The standard InChI is InChI=1S/C23H25N5O2/c29-22(16-4-2-1-3-5-16)27-11-7-17(8-12-27)23(30)28-13-9-18(15-28)21-25-19-6-10-24-14-20(19)26-21/h1-6,10,14,17-18H,7-9,11-13,15H2,(H,25,26). The average Bonchev–Trinajstić information content (AvgIpc) is 3.46. The Morgan fingerprint density at radius 2 is 1.73 bits per heavy atom. The van der Waals surface area contributed by atoms with Crippen molar-refractivity contribution in [1.82, 2.24) is 24.8 Å². The van der Waals surface area contributed by atoms with Gasteiger partial charge in [-0.15, -0.1) is 0 Å². The number of carbonyl (C=O) groups excluding carboxylic acids is 2. The van der Waals surface area contributed by atoms with Crippen LogP contribution in [-0.2, 0) is 4.79 Å². The zero-order valence-corrected chi connectivity index (χ0v) is 16.8. The molecule has 2 aromatic heterocycles. The Bertz CT molecular complexity index is 1020. The summed E-state index contributed by atoms with van der Waals surface area (Å²) in [5, 5.41) is 0. The van der Waals surface area contributed by atoms with E-state index >= 15 is 0 Å². The second kappa shape index (κ2) is 7.89. The summed E-state index contributed by atoms with van der Waals surface area (Å²) in [5.74, 6) is 1.46. The van der Waals surface area contributed by atoms with E-state index in [9.17, 15) is 9.59 Å². The first-order valence-corrected chi connectivity index (χ1v) is 10.6.